The maximum Gasteiger partial charge on any atom is 0.233 e. The van der Waals surface area contributed by atoms with Crippen molar-refractivity contribution in [3.63, 3.8) is 0 Å². The number of carbonyl (C=O) groups excluding carboxylic acids is 2. The summed E-state index contributed by atoms with van der Waals surface area (Å²) in [5, 5.41) is 5.45. The first-order valence-corrected chi connectivity index (χ1v) is 8.62. The Balaban J connectivity index is 1.36. The SMILES string of the molecule is Cc1ccc(NC(=O)CC(=O)NCC[C@@H]2COc3ccccc3O2)cc1. The molecular formula is C20H22N2O4. The molecule has 3 rings (SSSR count). The molecule has 0 saturated carbocycles. The topological polar surface area (TPSA) is 76.7 Å². The highest BCUT2D eigenvalue weighted by atomic mass is 16.6. The molecular weight excluding hydrogens is 332 g/mol. The highest BCUT2D eigenvalue weighted by molar-refractivity contribution is 6.03. The molecule has 2 aromatic rings. The lowest BCUT2D eigenvalue weighted by Gasteiger charge is -2.26. The monoisotopic (exact) mass is 354 g/mol. The second kappa shape index (κ2) is 8.38. The van der Waals surface area contributed by atoms with Crippen molar-refractivity contribution >= 4 is 17.5 Å². The smallest absolute Gasteiger partial charge is 0.233 e. The molecule has 1 aliphatic rings. The molecule has 0 spiro atoms. The average molecular weight is 354 g/mol. The molecule has 26 heavy (non-hydrogen) atoms. The number of ether oxygens (including phenoxy) is 2. The van der Waals surface area contributed by atoms with Crippen LogP contribution in [-0.2, 0) is 9.59 Å². The second-order valence-corrected chi connectivity index (χ2v) is 6.23. The number of anilines is 1. The molecule has 6 nitrogen and oxygen atoms in total. The Morgan fingerprint density at radius 2 is 1.77 bits per heavy atom. The van der Waals surface area contributed by atoms with Crippen molar-refractivity contribution in [2.24, 2.45) is 0 Å². The average Bonchev–Trinajstić information content (AvgIpc) is 2.63. The number of hydrogen-bond acceptors (Lipinski definition) is 4. The summed E-state index contributed by atoms with van der Waals surface area (Å²) in [6.45, 7) is 2.84. The van der Waals surface area contributed by atoms with Crippen LogP contribution >= 0.6 is 0 Å². The van der Waals surface area contributed by atoms with E-state index in [0.717, 1.165) is 11.3 Å². The standard InChI is InChI=1S/C20H22N2O4/c1-14-6-8-15(9-7-14)22-20(24)12-19(23)21-11-10-16-13-25-17-4-2-3-5-18(17)26-16/h2-9,16H,10-13H2,1H3,(H,21,23)(H,22,24)/t16-/m1/s1. The Hall–Kier alpha value is -3.02. The first-order valence-electron chi connectivity index (χ1n) is 8.62. The van der Waals surface area contributed by atoms with E-state index in [-0.39, 0.29) is 24.3 Å². The summed E-state index contributed by atoms with van der Waals surface area (Å²) >= 11 is 0. The Morgan fingerprint density at radius 3 is 2.54 bits per heavy atom. The van der Waals surface area contributed by atoms with Gasteiger partial charge in [-0.25, -0.2) is 0 Å². The van der Waals surface area contributed by atoms with Crippen LogP contribution in [0, 0.1) is 6.92 Å². The van der Waals surface area contributed by atoms with Gasteiger partial charge in [0, 0.05) is 18.7 Å². The van der Waals surface area contributed by atoms with Crippen molar-refractivity contribution in [1.29, 1.82) is 0 Å². The van der Waals surface area contributed by atoms with Crippen molar-refractivity contribution in [3.05, 3.63) is 54.1 Å². The van der Waals surface area contributed by atoms with E-state index >= 15 is 0 Å². The summed E-state index contributed by atoms with van der Waals surface area (Å²) in [5.41, 5.74) is 1.79. The minimum Gasteiger partial charge on any atom is -0.486 e. The van der Waals surface area contributed by atoms with E-state index in [1.807, 2.05) is 55.5 Å². The van der Waals surface area contributed by atoms with E-state index in [2.05, 4.69) is 10.6 Å². The van der Waals surface area contributed by atoms with Gasteiger partial charge in [0.2, 0.25) is 11.8 Å². The van der Waals surface area contributed by atoms with E-state index < -0.39 is 0 Å². The van der Waals surface area contributed by atoms with Crippen LogP contribution in [-0.4, -0.2) is 31.1 Å². The van der Waals surface area contributed by atoms with Crippen molar-refractivity contribution in [2.75, 3.05) is 18.5 Å². The zero-order valence-corrected chi connectivity index (χ0v) is 14.7. The summed E-state index contributed by atoms with van der Waals surface area (Å²) in [5.74, 6) is 0.803. The summed E-state index contributed by atoms with van der Waals surface area (Å²) in [4.78, 5) is 23.8. The summed E-state index contributed by atoms with van der Waals surface area (Å²) in [6.07, 6.45) is 0.282. The van der Waals surface area contributed by atoms with Crippen LogP contribution in [0.1, 0.15) is 18.4 Å². The van der Waals surface area contributed by atoms with Crippen LogP contribution in [0.5, 0.6) is 11.5 Å². The van der Waals surface area contributed by atoms with Crippen molar-refractivity contribution in [3.8, 4) is 11.5 Å². The molecule has 0 unspecified atom stereocenters. The minimum absolute atomic E-state index is 0.119. The van der Waals surface area contributed by atoms with Crippen LogP contribution in [0.2, 0.25) is 0 Å². The van der Waals surface area contributed by atoms with E-state index in [9.17, 15) is 9.59 Å². The van der Waals surface area contributed by atoms with Gasteiger partial charge in [0.15, 0.2) is 11.5 Å². The van der Waals surface area contributed by atoms with Gasteiger partial charge in [0.1, 0.15) is 19.1 Å². The zero-order valence-electron chi connectivity index (χ0n) is 14.7. The quantitative estimate of drug-likeness (QED) is 0.782. The van der Waals surface area contributed by atoms with Crippen LogP contribution in [0.4, 0.5) is 5.69 Å². The highest BCUT2D eigenvalue weighted by Gasteiger charge is 2.20. The first kappa shape index (κ1) is 17.8. The minimum atomic E-state index is -0.336. The fourth-order valence-electron chi connectivity index (χ4n) is 2.63. The van der Waals surface area contributed by atoms with E-state index in [1.54, 1.807) is 0 Å². The van der Waals surface area contributed by atoms with Gasteiger partial charge in [-0.05, 0) is 31.2 Å². The lowest BCUT2D eigenvalue weighted by atomic mass is 10.2. The van der Waals surface area contributed by atoms with Crippen LogP contribution in [0.15, 0.2) is 48.5 Å². The third kappa shape index (κ3) is 4.99. The summed E-state index contributed by atoms with van der Waals surface area (Å²) in [7, 11) is 0. The Labute approximate surface area is 152 Å². The predicted octanol–water partition coefficient (Wildman–Crippen LogP) is 2.67. The predicted molar refractivity (Wildman–Crippen MR) is 98.4 cm³/mol. The van der Waals surface area contributed by atoms with Crippen molar-refractivity contribution in [2.45, 2.75) is 25.9 Å². The van der Waals surface area contributed by atoms with Crippen LogP contribution < -0.4 is 20.1 Å². The Morgan fingerprint density at radius 1 is 1.04 bits per heavy atom. The maximum absolute atomic E-state index is 11.9. The van der Waals surface area contributed by atoms with Gasteiger partial charge >= 0.3 is 0 Å². The zero-order chi connectivity index (χ0) is 18.4. The molecule has 0 saturated heterocycles. The largest absolute Gasteiger partial charge is 0.486 e. The van der Waals surface area contributed by atoms with Gasteiger partial charge in [-0.1, -0.05) is 29.8 Å². The van der Waals surface area contributed by atoms with E-state index in [4.69, 9.17) is 9.47 Å². The molecule has 0 aromatic heterocycles. The molecule has 2 N–H and O–H groups in total. The fourth-order valence-corrected chi connectivity index (χ4v) is 2.63. The molecule has 2 amide bonds. The fraction of sp³-hybridized carbons (Fsp3) is 0.300. The van der Waals surface area contributed by atoms with Crippen molar-refractivity contribution in [1.82, 2.24) is 5.32 Å². The molecule has 1 atom stereocenters. The van der Waals surface area contributed by atoms with Crippen LogP contribution in [0.3, 0.4) is 0 Å². The number of fused-ring (bicyclic) bond motifs is 1. The summed E-state index contributed by atoms with van der Waals surface area (Å²) in [6, 6.07) is 14.9. The van der Waals surface area contributed by atoms with Gasteiger partial charge in [-0.2, -0.15) is 0 Å². The number of benzene rings is 2. The molecule has 1 aliphatic heterocycles. The Bertz CT molecular complexity index is 774. The van der Waals surface area contributed by atoms with Gasteiger partial charge in [-0.3, -0.25) is 9.59 Å². The number of hydrogen-bond donors (Lipinski definition) is 2. The van der Waals surface area contributed by atoms with E-state index in [1.165, 1.54) is 0 Å². The lowest BCUT2D eigenvalue weighted by Crippen LogP contribution is -2.35. The molecule has 0 aliphatic carbocycles. The highest BCUT2D eigenvalue weighted by Crippen LogP contribution is 2.31. The lowest BCUT2D eigenvalue weighted by molar-refractivity contribution is -0.126. The molecule has 6 heteroatoms. The Kier molecular flexibility index (Phi) is 5.73. The van der Waals surface area contributed by atoms with Gasteiger partial charge < -0.3 is 20.1 Å². The maximum atomic E-state index is 11.9. The van der Waals surface area contributed by atoms with Gasteiger partial charge in [-0.15, -0.1) is 0 Å². The molecule has 2 aromatic carbocycles. The first-order chi connectivity index (χ1) is 12.6. The number of carbonyl (C=O) groups is 2. The molecule has 1 heterocycles. The number of aryl methyl sites for hydroxylation is 1. The molecule has 136 valence electrons. The normalized spacial score (nSPS) is 15.2. The number of amides is 2. The van der Waals surface area contributed by atoms with Crippen molar-refractivity contribution < 1.29 is 19.1 Å². The number of nitrogens with one attached hydrogen (secondary N) is 2. The molecule has 0 fully saturated rings. The number of rotatable bonds is 6. The molecule has 0 bridgehead atoms. The van der Waals surface area contributed by atoms with Crippen LogP contribution in [0.25, 0.3) is 0 Å². The third-order valence-corrected chi connectivity index (χ3v) is 4.01. The summed E-state index contributed by atoms with van der Waals surface area (Å²) < 4.78 is 11.5. The second-order valence-electron chi connectivity index (χ2n) is 6.23. The third-order valence-electron chi connectivity index (χ3n) is 4.01. The number of para-hydroxylation sites is 2. The van der Waals surface area contributed by atoms with Gasteiger partial charge in [0.25, 0.3) is 0 Å². The molecule has 0 radical (unpaired) electrons. The van der Waals surface area contributed by atoms with E-state index in [0.29, 0.717) is 31.0 Å². The van der Waals surface area contributed by atoms with Gasteiger partial charge in [0.05, 0.1) is 0 Å².